The number of fused-ring (bicyclic) bond motifs is 6. The molecule has 2 saturated carbocycles. The molecule has 7 rings (SSSR count). The molecule has 2 aromatic rings. The summed E-state index contributed by atoms with van der Waals surface area (Å²) in [5, 5.41) is 12.9. The number of benzene rings is 2. The fraction of sp³-hybridized carbons (Fsp3) is 0.400. The summed E-state index contributed by atoms with van der Waals surface area (Å²) >= 11 is 0. The zero-order valence-electron chi connectivity index (χ0n) is 28.4. The van der Waals surface area contributed by atoms with E-state index in [9.17, 15) is 19.2 Å². The van der Waals surface area contributed by atoms with Gasteiger partial charge in [0.05, 0.1) is 0 Å². The lowest BCUT2D eigenvalue weighted by Crippen LogP contribution is -2.55. The Labute approximate surface area is 293 Å². The molecule has 260 valence electrons. The van der Waals surface area contributed by atoms with Gasteiger partial charge in [-0.3, -0.25) is 19.2 Å². The van der Waals surface area contributed by atoms with E-state index < -0.39 is 0 Å². The van der Waals surface area contributed by atoms with E-state index in [0.29, 0.717) is 35.4 Å². The van der Waals surface area contributed by atoms with E-state index in [1.165, 1.54) is 0 Å². The van der Waals surface area contributed by atoms with E-state index >= 15 is 0 Å². The third-order valence-electron chi connectivity index (χ3n) is 10.4. The lowest BCUT2D eigenvalue weighted by Gasteiger charge is -2.36. The van der Waals surface area contributed by atoms with Crippen LogP contribution in [0.15, 0.2) is 108 Å². The third-order valence-corrected chi connectivity index (χ3v) is 10.4. The summed E-state index contributed by atoms with van der Waals surface area (Å²) in [5.74, 6) is -0.916. The Balaban J connectivity index is 1.21. The molecule has 4 N–H and O–H groups in total. The molecular formula is C40H46N6O4. The number of nitrogens with one attached hydrogen (secondary N) is 4. The van der Waals surface area contributed by atoms with Gasteiger partial charge in [-0.2, -0.15) is 0 Å². The van der Waals surface area contributed by atoms with Gasteiger partial charge in [-0.05, 0) is 36.8 Å². The quantitative estimate of drug-likeness (QED) is 0.381. The Morgan fingerprint density at radius 2 is 0.720 bits per heavy atom. The molecule has 4 amide bonds. The highest BCUT2D eigenvalue weighted by molar-refractivity contribution is 6.01. The molecule has 3 aliphatic heterocycles. The average molecular weight is 675 g/mol. The van der Waals surface area contributed by atoms with Crippen LogP contribution in [0.2, 0.25) is 0 Å². The predicted molar refractivity (Wildman–Crippen MR) is 190 cm³/mol. The van der Waals surface area contributed by atoms with Crippen molar-refractivity contribution in [3.8, 4) is 0 Å². The SMILES string of the molecule is O=C1N[C@H]2CCCC[C@@H]2NC(=O)C2=CN(Cc3ccccc3)C=C(C2)C(=O)N[C@H]2CCCC[C@@H]2NC(=O)C2=CN(Cc3ccccc3)C=C1C2. The van der Waals surface area contributed by atoms with Gasteiger partial charge < -0.3 is 31.1 Å². The number of hydrogen-bond donors (Lipinski definition) is 4. The minimum Gasteiger partial charge on any atom is -0.349 e. The first kappa shape index (κ1) is 33.4. The first-order valence-corrected chi connectivity index (χ1v) is 18.0. The van der Waals surface area contributed by atoms with Crippen LogP contribution in [-0.4, -0.2) is 57.6 Å². The van der Waals surface area contributed by atoms with Gasteiger partial charge in [0.1, 0.15) is 0 Å². The summed E-state index contributed by atoms with van der Waals surface area (Å²) in [4.78, 5) is 59.7. The third kappa shape index (κ3) is 8.01. The van der Waals surface area contributed by atoms with E-state index in [2.05, 4.69) is 21.3 Å². The van der Waals surface area contributed by atoms with Gasteiger partial charge in [-0.25, -0.2) is 0 Å². The molecule has 2 aliphatic carbocycles. The number of rotatable bonds is 4. The second-order valence-corrected chi connectivity index (χ2v) is 14.2. The van der Waals surface area contributed by atoms with E-state index in [0.717, 1.165) is 62.5 Å². The van der Waals surface area contributed by atoms with Crippen molar-refractivity contribution in [2.45, 2.75) is 101 Å². The van der Waals surface area contributed by atoms with Gasteiger partial charge in [0.15, 0.2) is 0 Å². The van der Waals surface area contributed by atoms with Crippen molar-refractivity contribution in [3.63, 3.8) is 0 Å². The van der Waals surface area contributed by atoms with E-state index in [1.54, 1.807) is 0 Å². The van der Waals surface area contributed by atoms with E-state index in [-0.39, 0.29) is 60.6 Å². The molecule has 10 nitrogen and oxygen atoms in total. The fourth-order valence-electron chi connectivity index (χ4n) is 7.79. The van der Waals surface area contributed by atoms with Crippen LogP contribution < -0.4 is 21.3 Å². The van der Waals surface area contributed by atoms with Crippen LogP contribution >= 0.6 is 0 Å². The first-order chi connectivity index (χ1) is 24.4. The van der Waals surface area contributed by atoms with Gasteiger partial charge in [-0.15, -0.1) is 0 Å². The minimum absolute atomic E-state index is 0.188. The molecule has 3 fully saturated rings. The molecule has 5 aliphatic rings. The number of carbonyl (C=O) groups is 4. The fourth-order valence-corrected chi connectivity index (χ4v) is 7.79. The van der Waals surface area contributed by atoms with E-state index in [4.69, 9.17) is 0 Å². The summed E-state index contributed by atoms with van der Waals surface area (Å²) in [6.07, 6.45) is 14.4. The number of hydrogen-bond acceptors (Lipinski definition) is 6. The Bertz CT molecular complexity index is 1520. The summed E-state index contributed by atoms with van der Waals surface area (Å²) in [7, 11) is 0. The lowest BCUT2D eigenvalue weighted by atomic mass is 9.88. The topological polar surface area (TPSA) is 123 Å². The number of carbonyl (C=O) groups excluding carboxylic acids is 4. The highest BCUT2D eigenvalue weighted by atomic mass is 16.2. The molecule has 4 bridgehead atoms. The monoisotopic (exact) mass is 674 g/mol. The Morgan fingerprint density at radius 1 is 0.440 bits per heavy atom. The molecule has 4 atom stereocenters. The van der Waals surface area contributed by atoms with Crippen LogP contribution in [0.25, 0.3) is 0 Å². The molecule has 0 unspecified atom stereocenters. The second-order valence-electron chi connectivity index (χ2n) is 14.2. The largest absolute Gasteiger partial charge is 0.349 e. The maximum Gasteiger partial charge on any atom is 0.249 e. The maximum atomic E-state index is 14.0. The molecule has 2 aromatic carbocycles. The van der Waals surface area contributed by atoms with Gasteiger partial charge in [0.25, 0.3) is 0 Å². The molecule has 1 saturated heterocycles. The van der Waals surface area contributed by atoms with Crippen molar-refractivity contribution in [1.82, 2.24) is 31.1 Å². The molecule has 3 heterocycles. The minimum atomic E-state index is -0.267. The first-order valence-electron chi connectivity index (χ1n) is 18.0. The summed E-state index contributed by atoms with van der Waals surface area (Å²) < 4.78 is 0. The number of nitrogens with zero attached hydrogens (tertiary/aromatic N) is 2. The summed E-state index contributed by atoms with van der Waals surface area (Å²) in [5.41, 5.74) is 4.11. The molecule has 0 spiro atoms. The van der Waals surface area contributed by atoms with Crippen molar-refractivity contribution in [1.29, 1.82) is 0 Å². The van der Waals surface area contributed by atoms with Gasteiger partial charge in [-0.1, -0.05) is 86.3 Å². The van der Waals surface area contributed by atoms with Crippen molar-refractivity contribution >= 4 is 23.6 Å². The maximum absolute atomic E-state index is 14.0. The summed E-state index contributed by atoms with van der Waals surface area (Å²) in [6.45, 7) is 1.01. The van der Waals surface area contributed by atoms with Crippen molar-refractivity contribution < 1.29 is 19.2 Å². The van der Waals surface area contributed by atoms with Crippen LogP contribution in [-0.2, 0) is 32.3 Å². The highest BCUT2D eigenvalue weighted by Crippen LogP contribution is 2.28. The van der Waals surface area contributed by atoms with Crippen LogP contribution in [0.3, 0.4) is 0 Å². The Hall–Kier alpha value is -5.12. The Kier molecular flexibility index (Phi) is 10.1. The molecule has 50 heavy (non-hydrogen) atoms. The van der Waals surface area contributed by atoms with Gasteiger partial charge in [0, 0.05) is 97.2 Å². The molecular weight excluding hydrogens is 628 g/mol. The van der Waals surface area contributed by atoms with Crippen LogP contribution in [0.4, 0.5) is 0 Å². The van der Waals surface area contributed by atoms with Crippen LogP contribution in [0.5, 0.6) is 0 Å². The van der Waals surface area contributed by atoms with Crippen LogP contribution in [0.1, 0.15) is 75.3 Å². The second kappa shape index (κ2) is 15.2. The molecule has 0 aromatic heterocycles. The van der Waals surface area contributed by atoms with Gasteiger partial charge >= 0.3 is 0 Å². The highest BCUT2D eigenvalue weighted by Gasteiger charge is 2.35. The zero-order valence-corrected chi connectivity index (χ0v) is 28.4. The van der Waals surface area contributed by atoms with Crippen molar-refractivity contribution in [2.24, 2.45) is 0 Å². The normalized spacial score (nSPS) is 26.2. The molecule has 0 radical (unpaired) electrons. The summed E-state index contributed by atoms with van der Waals surface area (Å²) in [6, 6.07) is 18.8. The Morgan fingerprint density at radius 3 is 1.00 bits per heavy atom. The smallest absolute Gasteiger partial charge is 0.249 e. The van der Waals surface area contributed by atoms with E-state index in [1.807, 2.05) is 95.3 Å². The standard InChI is InChI=1S/C40H46N6O4/c47-37-29-19-30(24-45(23-29)21-27-11-3-1-4-12-27)38(48)42-34-16-8-10-18-36(34)44-40(50)32-20-31(25-46(26-32)22-28-13-5-2-6-14-28)39(49)43-35-17-9-7-15-33(35)41-37/h1-6,11-14,23-26,33-36H,7-10,15-22H2,(H,41,47)(H,42,48)(H,43,49)(H,44,50)/t33-,34-,35-,36-/m0/s1. The number of amides is 4. The predicted octanol–water partition coefficient (Wildman–Crippen LogP) is 4.43. The lowest BCUT2D eigenvalue weighted by molar-refractivity contribution is -0.122. The zero-order chi connectivity index (χ0) is 34.5. The molecule has 10 heteroatoms. The van der Waals surface area contributed by atoms with Crippen molar-refractivity contribution in [3.05, 3.63) is 119 Å². The van der Waals surface area contributed by atoms with Crippen molar-refractivity contribution in [2.75, 3.05) is 0 Å². The van der Waals surface area contributed by atoms with Crippen LogP contribution in [0, 0.1) is 0 Å². The van der Waals surface area contributed by atoms with Gasteiger partial charge in [0.2, 0.25) is 23.6 Å². The average Bonchev–Trinajstić information content (AvgIpc) is 3.13.